The lowest BCUT2D eigenvalue weighted by Crippen LogP contribution is -1.88. The minimum absolute atomic E-state index is 0.840. The standard InChI is InChI=1S/C13H12ClN/c1-2-11-12(4-3-5-13(11)14)10-6-8-15-9-7-10/h3-9H,2H2,1H3. The van der Waals surface area contributed by atoms with Gasteiger partial charge in [0.1, 0.15) is 0 Å². The van der Waals surface area contributed by atoms with Crippen molar-refractivity contribution in [2.75, 3.05) is 0 Å². The van der Waals surface area contributed by atoms with E-state index in [1.165, 1.54) is 16.7 Å². The molecule has 76 valence electrons. The van der Waals surface area contributed by atoms with Crippen molar-refractivity contribution in [1.82, 2.24) is 4.98 Å². The lowest BCUT2D eigenvalue weighted by molar-refractivity contribution is 1.14. The van der Waals surface area contributed by atoms with E-state index in [1.807, 2.05) is 24.3 Å². The highest BCUT2D eigenvalue weighted by Crippen LogP contribution is 2.28. The molecule has 0 fully saturated rings. The van der Waals surface area contributed by atoms with E-state index >= 15 is 0 Å². The molecule has 2 heteroatoms. The minimum atomic E-state index is 0.840. The van der Waals surface area contributed by atoms with Gasteiger partial charge in [0.25, 0.3) is 0 Å². The zero-order valence-electron chi connectivity index (χ0n) is 8.57. The summed E-state index contributed by atoms with van der Waals surface area (Å²) < 4.78 is 0. The van der Waals surface area contributed by atoms with Crippen molar-refractivity contribution in [3.63, 3.8) is 0 Å². The summed E-state index contributed by atoms with van der Waals surface area (Å²) in [5.74, 6) is 0. The molecular weight excluding hydrogens is 206 g/mol. The highest BCUT2D eigenvalue weighted by atomic mass is 35.5. The molecular formula is C13H12ClN. The van der Waals surface area contributed by atoms with Crippen molar-refractivity contribution < 1.29 is 0 Å². The number of nitrogens with zero attached hydrogens (tertiary/aromatic N) is 1. The monoisotopic (exact) mass is 217 g/mol. The summed E-state index contributed by atoms with van der Waals surface area (Å²) in [7, 11) is 0. The van der Waals surface area contributed by atoms with E-state index in [0.717, 1.165) is 11.4 Å². The molecule has 0 N–H and O–H groups in total. The average molecular weight is 218 g/mol. The lowest BCUT2D eigenvalue weighted by Gasteiger charge is -2.09. The van der Waals surface area contributed by atoms with Crippen LogP contribution in [0.15, 0.2) is 42.7 Å². The molecule has 1 aromatic carbocycles. The first-order chi connectivity index (χ1) is 7.33. The fourth-order valence-corrected chi connectivity index (χ4v) is 2.03. The third-order valence-corrected chi connectivity index (χ3v) is 2.82. The molecule has 2 rings (SSSR count). The van der Waals surface area contributed by atoms with Crippen molar-refractivity contribution in [3.05, 3.63) is 53.3 Å². The van der Waals surface area contributed by atoms with Gasteiger partial charge in [-0.1, -0.05) is 30.7 Å². The van der Waals surface area contributed by atoms with Gasteiger partial charge >= 0.3 is 0 Å². The number of hydrogen-bond donors (Lipinski definition) is 0. The van der Waals surface area contributed by atoms with Crippen molar-refractivity contribution >= 4 is 11.6 Å². The van der Waals surface area contributed by atoms with Gasteiger partial charge in [-0.05, 0) is 41.3 Å². The summed E-state index contributed by atoms with van der Waals surface area (Å²) in [6.07, 6.45) is 4.54. The molecule has 0 aliphatic heterocycles. The van der Waals surface area contributed by atoms with Crippen LogP contribution in [0.2, 0.25) is 5.02 Å². The van der Waals surface area contributed by atoms with E-state index in [1.54, 1.807) is 12.4 Å². The second-order valence-corrected chi connectivity index (χ2v) is 3.76. The van der Waals surface area contributed by atoms with Crippen LogP contribution in [-0.2, 0) is 6.42 Å². The van der Waals surface area contributed by atoms with Crippen molar-refractivity contribution in [1.29, 1.82) is 0 Å². The Morgan fingerprint density at radius 1 is 1.13 bits per heavy atom. The van der Waals surface area contributed by atoms with E-state index < -0.39 is 0 Å². The van der Waals surface area contributed by atoms with Gasteiger partial charge in [-0.3, -0.25) is 4.98 Å². The summed E-state index contributed by atoms with van der Waals surface area (Å²) >= 11 is 6.16. The Labute approximate surface area is 94.7 Å². The van der Waals surface area contributed by atoms with Gasteiger partial charge in [-0.2, -0.15) is 0 Å². The first-order valence-corrected chi connectivity index (χ1v) is 5.38. The second-order valence-electron chi connectivity index (χ2n) is 3.36. The van der Waals surface area contributed by atoms with E-state index in [0.29, 0.717) is 0 Å². The molecule has 0 saturated carbocycles. The van der Waals surface area contributed by atoms with Crippen LogP contribution in [0.4, 0.5) is 0 Å². The Balaban J connectivity index is 2.58. The Morgan fingerprint density at radius 3 is 2.53 bits per heavy atom. The topological polar surface area (TPSA) is 12.9 Å². The van der Waals surface area contributed by atoms with E-state index in [4.69, 9.17) is 11.6 Å². The van der Waals surface area contributed by atoms with Crippen LogP contribution < -0.4 is 0 Å². The maximum atomic E-state index is 6.16. The van der Waals surface area contributed by atoms with Gasteiger partial charge in [-0.25, -0.2) is 0 Å². The fourth-order valence-electron chi connectivity index (χ4n) is 1.72. The quantitative estimate of drug-likeness (QED) is 0.742. The van der Waals surface area contributed by atoms with Crippen molar-refractivity contribution in [3.8, 4) is 11.1 Å². The highest BCUT2D eigenvalue weighted by molar-refractivity contribution is 6.31. The van der Waals surface area contributed by atoms with Crippen LogP contribution in [0.3, 0.4) is 0 Å². The fraction of sp³-hybridized carbons (Fsp3) is 0.154. The molecule has 0 aliphatic carbocycles. The van der Waals surface area contributed by atoms with Crippen molar-refractivity contribution in [2.45, 2.75) is 13.3 Å². The summed E-state index contributed by atoms with van der Waals surface area (Å²) in [4.78, 5) is 4.02. The first kappa shape index (κ1) is 10.2. The number of halogens is 1. The van der Waals surface area contributed by atoms with Gasteiger partial charge in [0.05, 0.1) is 0 Å². The molecule has 0 radical (unpaired) electrons. The third kappa shape index (κ3) is 2.02. The number of hydrogen-bond acceptors (Lipinski definition) is 1. The number of aromatic nitrogens is 1. The molecule has 0 aliphatic rings. The van der Waals surface area contributed by atoms with Gasteiger partial charge in [0.2, 0.25) is 0 Å². The number of rotatable bonds is 2. The molecule has 0 spiro atoms. The van der Waals surface area contributed by atoms with Gasteiger partial charge in [0, 0.05) is 17.4 Å². The van der Waals surface area contributed by atoms with Crippen LogP contribution in [0, 0.1) is 0 Å². The Kier molecular flexibility index (Phi) is 3.02. The lowest BCUT2D eigenvalue weighted by atomic mass is 9.99. The SMILES string of the molecule is CCc1c(Cl)cccc1-c1ccncc1. The van der Waals surface area contributed by atoms with Gasteiger partial charge in [0.15, 0.2) is 0 Å². The molecule has 0 atom stereocenters. The predicted molar refractivity (Wildman–Crippen MR) is 64.1 cm³/mol. The summed E-state index contributed by atoms with van der Waals surface area (Å²) in [5.41, 5.74) is 3.57. The Morgan fingerprint density at radius 2 is 1.87 bits per heavy atom. The predicted octanol–water partition coefficient (Wildman–Crippen LogP) is 3.96. The van der Waals surface area contributed by atoms with Gasteiger partial charge < -0.3 is 0 Å². The maximum Gasteiger partial charge on any atom is 0.0444 e. The van der Waals surface area contributed by atoms with Gasteiger partial charge in [-0.15, -0.1) is 0 Å². The highest BCUT2D eigenvalue weighted by Gasteiger charge is 2.06. The van der Waals surface area contributed by atoms with Crippen molar-refractivity contribution in [2.24, 2.45) is 0 Å². The Hall–Kier alpha value is -1.34. The molecule has 0 saturated heterocycles. The van der Waals surface area contributed by atoms with Crippen LogP contribution in [0.25, 0.3) is 11.1 Å². The third-order valence-electron chi connectivity index (χ3n) is 2.46. The summed E-state index contributed by atoms with van der Waals surface area (Å²) in [6.45, 7) is 2.12. The first-order valence-electron chi connectivity index (χ1n) is 5.00. The molecule has 2 aromatic rings. The summed E-state index contributed by atoms with van der Waals surface area (Å²) in [5, 5.41) is 0.840. The molecule has 1 aromatic heterocycles. The normalized spacial score (nSPS) is 10.3. The molecule has 0 unspecified atom stereocenters. The number of benzene rings is 1. The average Bonchev–Trinajstić information content (AvgIpc) is 2.30. The van der Waals surface area contributed by atoms with E-state index in [-0.39, 0.29) is 0 Å². The number of pyridine rings is 1. The molecule has 0 bridgehead atoms. The minimum Gasteiger partial charge on any atom is -0.265 e. The zero-order chi connectivity index (χ0) is 10.7. The van der Waals surface area contributed by atoms with E-state index in [2.05, 4.69) is 18.0 Å². The van der Waals surface area contributed by atoms with Crippen LogP contribution in [0.5, 0.6) is 0 Å². The second kappa shape index (κ2) is 4.45. The molecule has 1 nitrogen and oxygen atoms in total. The maximum absolute atomic E-state index is 6.16. The largest absolute Gasteiger partial charge is 0.265 e. The van der Waals surface area contributed by atoms with Crippen LogP contribution in [-0.4, -0.2) is 4.98 Å². The molecule has 1 heterocycles. The Bertz CT molecular complexity index is 451. The summed E-state index contributed by atoms with van der Waals surface area (Å²) in [6, 6.07) is 10.0. The molecule has 0 amide bonds. The van der Waals surface area contributed by atoms with E-state index in [9.17, 15) is 0 Å². The van der Waals surface area contributed by atoms with Crippen LogP contribution in [0.1, 0.15) is 12.5 Å². The smallest absolute Gasteiger partial charge is 0.0444 e. The van der Waals surface area contributed by atoms with Crippen LogP contribution >= 0.6 is 11.6 Å². The molecule has 15 heavy (non-hydrogen) atoms. The zero-order valence-corrected chi connectivity index (χ0v) is 9.33.